The molecule has 3 heterocycles. The third-order valence-corrected chi connectivity index (χ3v) is 11.6. The van der Waals surface area contributed by atoms with E-state index in [-0.39, 0.29) is 24.9 Å². The Balaban J connectivity index is 1.35. The minimum atomic E-state index is -3.58. The van der Waals surface area contributed by atoms with Gasteiger partial charge in [-0.25, -0.2) is 13.2 Å². The molecular weight excluding hydrogens is 636 g/mol. The van der Waals surface area contributed by atoms with E-state index in [0.29, 0.717) is 48.8 Å². The molecule has 1 fully saturated rings. The molecule has 0 amide bonds. The number of ether oxygens (including phenoxy) is 2. The van der Waals surface area contributed by atoms with Crippen molar-refractivity contribution in [2.24, 2.45) is 7.05 Å². The Morgan fingerprint density at radius 3 is 2.62 bits per heavy atom. The third-order valence-electron chi connectivity index (χ3n) is 9.38. The highest BCUT2D eigenvalue weighted by Crippen LogP contribution is 2.44. The largest absolute Gasteiger partial charge is 0.493 e. The predicted octanol–water partition coefficient (Wildman–Crippen LogP) is 7.04. The number of aromatic nitrogens is 3. The summed E-state index contributed by atoms with van der Waals surface area (Å²) in [5.41, 5.74) is 5.20. The van der Waals surface area contributed by atoms with Crippen molar-refractivity contribution in [1.82, 2.24) is 18.7 Å². The van der Waals surface area contributed by atoms with Crippen LogP contribution in [-0.4, -0.2) is 58.0 Å². The summed E-state index contributed by atoms with van der Waals surface area (Å²) in [5, 5.41) is 8.41. The van der Waals surface area contributed by atoms with E-state index in [4.69, 9.17) is 26.2 Å². The molecule has 0 bridgehead atoms. The van der Waals surface area contributed by atoms with Gasteiger partial charge in [-0.15, -0.1) is 0 Å². The van der Waals surface area contributed by atoms with Crippen LogP contribution in [-0.2, 0) is 41.3 Å². The maximum Gasteiger partial charge on any atom is 0.355 e. The van der Waals surface area contributed by atoms with Crippen LogP contribution >= 0.6 is 11.6 Å². The number of sulfonamides is 1. The Morgan fingerprint density at radius 2 is 1.83 bits per heavy atom. The number of rotatable bonds is 8. The van der Waals surface area contributed by atoms with Crippen molar-refractivity contribution in [2.45, 2.75) is 65.1 Å². The van der Waals surface area contributed by atoms with Gasteiger partial charge in [0, 0.05) is 47.2 Å². The average molecular weight is 675 g/mol. The number of fused-ring (bicyclic) bond motifs is 3. The van der Waals surface area contributed by atoms with Crippen LogP contribution in [0.25, 0.3) is 32.8 Å². The highest BCUT2D eigenvalue weighted by atomic mass is 35.5. The first kappa shape index (κ1) is 31.7. The van der Waals surface area contributed by atoms with Crippen molar-refractivity contribution in [3.05, 3.63) is 82.3 Å². The van der Waals surface area contributed by atoms with Crippen molar-refractivity contribution >= 4 is 49.3 Å². The van der Waals surface area contributed by atoms with Crippen molar-refractivity contribution in [1.29, 1.82) is 0 Å². The number of hydrogen-bond donors (Lipinski definition) is 0. The van der Waals surface area contributed by atoms with E-state index in [0.717, 1.165) is 62.7 Å². The SMILES string of the molecule is CCOC(=O)c1c(CCCOc2cccc3ccccc23)c2ccc(Cl)c3c2n1CCCS(=O)(=O)N(C1CC1)Cc1nn(C)c(C)c1-3. The zero-order valence-corrected chi connectivity index (χ0v) is 28.5. The molecule has 0 N–H and O–H groups in total. The first-order valence-corrected chi connectivity index (χ1v) is 18.3. The summed E-state index contributed by atoms with van der Waals surface area (Å²) in [5.74, 6) is 0.355. The fourth-order valence-electron chi connectivity index (χ4n) is 6.99. The Kier molecular flexibility index (Phi) is 8.53. The summed E-state index contributed by atoms with van der Waals surface area (Å²) in [6, 6.07) is 18.0. The van der Waals surface area contributed by atoms with E-state index in [1.165, 1.54) is 0 Å². The molecule has 0 spiro atoms. The lowest BCUT2D eigenvalue weighted by atomic mass is 9.98. The number of carbonyl (C=O) groups excluding carboxylic acids is 1. The number of benzene rings is 3. The molecule has 3 aromatic carbocycles. The molecule has 11 heteroatoms. The fourth-order valence-corrected chi connectivity index (χ4v) is 8.95. The molecule has 1 aliphatic heterocycles. The Hall–Kier alpha value is -3.86. The first-order valence-electron chi connectivity index (χ1n) is 16.3. The molecule has 9 nitrogen and oxygen atoms in total. The molecular formula is C36H39ClN4O5S. The van der Waals surface area contributed by atoms with Crippen LogP contribution in [0.3, 0.4) is 0 Å². The van der Waals surface area contributed by atoms with Gasteiger partial charge in [0.05, 0.1) is 41.7 Å². The van der Waals surface area contributed by atoms with Crippen LogP contribution in [0.2, 0.25) is 5.02 Å². The van der Waals surface area contributed by atoms with E-state index >= 15 is 0 Å². The predicted molar refractivity (Wildman–Crippen MR) is 185 cm³/mol. The average Bonchev–Trinajstić information content (AvgIpc) is 3.79. The molecule has 246 valence electrons. The van der Waals surface area contributed by atoms with Gasteiger partial charge in [0.2, 0.25) is 10.0 Å². The van der Waals surface area contributed by atoms with E-state index in [1.54, 1.807) is 15.9 Å². The number of halogens is 1. The highest BCUT2D eigenvalue weighted by molar-refractivity contribution is 7.89. The number of hydrogen-bond acceptors (Lipinski definition) is 6. The van der Waals surface area contributed by atoms with E-state index in [2.05, 4.69) is 18.2 Å². The van der Waals surface area contributed by atoms with Crippen LogP contribution < -0.4 is 4.74 Å². The van der Waals surface area contributed by atoms with Gasteiger partial charge >= 0.3 is 5.97 Å². The van der Waals surface area contributed by atoms with Crippen LogP contribution in [0.1, 0.15) is 60.0 Å². The molecule has 47 heavy (non-hydrogen) atoms. The lowest BCUT2D eigenvalue weighted by molar-refractivity contribution is 0.0512. The van der Waals surface area contributed by atoms with Gasteiger partial charge in [0.25, 0.3) is 0 Å². The fraction of sp³-hybridized carbons (Fsp3) is 0.389. The van der Waals surface area contributed by atoms with Gasteiger partial charge in [-0.1, -0.05) is 54.1 Å². The second kappa shape index (κ2) is 12.6. The van der Waals surface area contributed by atoms with Gasteiger partial charge < -0.3 is 14.0 Å². The number of aryl methyl sites for hydroxylation is 3. The monoisotopic (exact) mass is 674 g/mol. The second-order valence-corrected chi connectivity index (χ2v) is 14.9. The number of carbonyl (C=O) groups is 1. The molecule has 0 unspecified atom stereocenters. The summed E-state index contributed by atoms with van der Waals surface area (Å²) in [7, 11) is -1.72. The Labute approximate surface area is 280 Å². The van der Waals surface area contributed by atoms with Crippen molar-refractivity contribution in [3.63, 3.8) is 0 Å². The summed E-state index contributed by atoms with van der Waals surface area (Å²) < 4.78 is 44.8. The maximum atomic E-state index is 13.8. The molecule has 1 aliphatic carbocycles. The maximum absolute atomic E-state index is 13.8. The van der Waals surface area contributed by atoms with E-state index in [1.807, 2.05) is 54.9 Å². The molecule has 0 radical (unpaired) electrons. The standard InChI is InChI=1S/C36H39ClN4O5S/c1-4-45-36(42)35-27(13-8-20-46-31-14-7-11-24-10-5-6-12-26(24)31)28-17-18-29(37)33-32-23(2)39(3)38-30(32)22-41(25-15-16-25)47(43,44)21-9-19-40(35)34(28)33/h5-7,10-12,14,17-18,25H,4,8-9,13,15-16,19-22H2,1-3H3. The smallest absolute Gasteiger partial charge is 0.355 e. The third kappa shape index (κ3) is 5.81. The Bertz CT molecular complexity index is 2110. The summed E-state index contributed by atoms with van der Waals surface area (Å²) >= 11 is 7.07. The van der Waals surface area contributed by atoms with E-state index < -0.39 is 16.0 Å². The zero-order valence-electron chi connectivity index (χ0n) is 27.0. The van der Waals surface area contributed by atoms with Crippen LogP contribution in [0, 0.1) is 6.92 Å². The lowest BCUT2D eigenvalue weighted by Gasteiger charge is -2.21. The van der Waals surface area contributed by atoms with Crippen LogP contribution in [0.5, 0.6) is 5.75 Å². The molecule has 2 aliphatic rings. The summed E-state index contributed by atoms with van der Waals surface area (Å²) in [6.07, 6.45) is 3.22. The topological polar surface area (TPSA) is 95.7 Å². The summed E-state index contributed by atoms with van der Waals surface area (Å²) in [4.78, 5) is 13.8. The van der Waals surface area contributed by atoms with Crippen LogP contribution in [0.15, 0.2) is 54.6 Å². The highest BCUT2D eigenvalue weighted by Gasteiger charge is 2.39. The lowest BCUT2D eigenvalue weighted by Crippen LogP contribution is -2.35. The Morgan fingerprint density at radius 1 is 1.04 bits per heavy atom. The van der Waals surface area contributed by atoms with Crippen molar-refractivity contribution in [2.75, 3.05) is 19.0 Å². The molecule has 5 aromatic rings. The van der Waals surface area contributed by atoms with Gasteiger partial charge in [-0.05, 0) is 69.0 Å². The van der Waals surface area contributed by atoms with Gasteiger partial charge in [0.1, 0.15) is 11.4 Å². The van der Waals surface area contributed by atoms with Gasteiger partial charge in [0.15, 0.2) is 0 Å². The molecule has 2 aromatic heterocycles. The molecule has 7 rings (SSSR count). The summed E-state index contributed by atoms with van der Waals surface area (Å²) in [6.45, 7) is 4.93. The van der Waals surface area contributed by atoms with Crippen LogP contribution in [0.4, 0.5) is 0 Å². The molecule has 0 saturated heterocycles. The minimum absolute atomic E-state index is 0.0149. The molecule has 0 atom stereocenters. The quantitative estimate of drug-likeness (QED) is 0.129. The van der Waals surface area contributed by atoms with E-state index in [9.17, 15) is 13.2 Å². The number of nitrogens with zero attached hydrogens (tertiary/aromatic N) is 4. The normalized spacial score (nSPS) is 16.6. The van der Waals surface area contributed by atoms with Crippen molar-refractivity contribution < 1.29 is 22.7 Å². The van der Waals surface area contributed by atoms with Gasteiger partial charge in [-0.3, -0.25) is 4.68 Å². The zero-order chi connectivity index (χ0) is 32.9. The van der Waals surface area contributed by atoms with Crippen molar-refractivity contribution in [3.8, 4) is 16.9 Å². The van der Waals surface area contributed by atoms with Gasteiger partial charge in [-0.2, -0.15) is 9.40 Å². The minimum Gasteiger partial charge on any atom is -0.493 e. The molecule has 1 saturated carbocycles. The number of esters is 1. The second-order valence-electron chi connectivity index (χ2n) is 12.4. The first-order chi connectivity index (χ1) is 22.7.